The first-order valence-corrected chi connectivity index (χ1v) is 6.01. The molecule has 1 saturated heterocycles. The number of pyridine rings is 1. The number of aromatic nitrogens is 4. The molecule has 6 heteroatoms. The lowest BCUT2D eigenvalue weighted by Gasteiger charge is -2.26. The maximum atomic E-state index is 13.8. The molecule has 0 aromatic carbocycles. The van der Waals surface area contributed by atoms with Crippen molar-refractivity contribution < 1.29 is 4.39 Å². The molecule has 3 heterocycles. The van der Waals surface area contributed by atoms with Crippen molar-refractivity contribution >= 4 is 0 Å². The molecule has 1 aliphatic heterocycles. The number of nitrogens with zero attached hydrogens (tertiary/aromatic N) is 4. The van der Waals surface area contributed by atoms with Crippen LogP contribution >= 0.6 is 0 Å². The van der Waals surface area contributed by atoms with E-state index in [4.69, 9.17) is 0 Å². The van der Waals surface area contributed by atoms with Crippen LogP contribution in [0.4, 0.5) is 4.39 Å². The average molecular weight is 247 g/mol. The van der Waals surface area contributed by atoms with E-state index < -0.39 is 6.17 Å². The molecule has 0 saturated carbocycles. The third-order valence-corrected chi connectivity index (χ3v) is 3.20. The number of nitrogens with one attached hydrogen (secondary N) is 1. The average Bonchev–Trinajstić information content (AvgIpc) is 2.90. The second kappa shape index (κ2) is 4.81. The first-order chi connectivity index (χ1) is 8.84. The van der Waals surface area contributed by atoms with Gasteiger partial charge in [-0.3, -0.25) is 4.98 Å². The Bertz CT molecular complexity index is 512. The van der Waals surface area contributed by atoms with Gasteiger partial charge in [0.05, 0.1) is 12.2 Å². The van der Waals surface area contributed by atoms with E-state index >= 15 is 0 Å². The van der Waals surface area contributed by atoms with Crippen molar-refractivity contribution in [1.29, 1.82) is 0 Å². The number of alkyl halides is 1. The van der Waals surface area contributed by atoms with E-state index in [1.165, 1.54) is 0 Å². The summed E-state index contributed by atoms with van der Waals surface area (Å²) in [6.45, 7) is 1.20. The lowest BCUT2D eigenvalue weighted by molar-refractivity contribution is 0.171. The van der Waals surface area contributed by atoms with E-state index in [0.29, 0.717) is 6.54 Å². The highest BCUT2D eigenvalue weighted by Crippen LogP contribution is 2.23. The molecule has 0 amide bonds. The highest BCUT2D eigenvalue weighted by atomic mass is 19.1. The van der Waals surface area contributed by atoms with Gasteiger partial charge in [0, 0.05) is 24.5 Å². The van der Waals surface area contributed by atoms with Gasteiger partial charge in [-0.05, 0) is 25.1 Å². The zero-order valence-electron chi connectivity index (χ0n) is 9.83. The van der Waals surface area contributed by atoms with Gasteiger partial charge < -0.3 is 5.32 Å². The van der Waals surface area contributed by atoms with Crippen LogP contribution in [0.5, 0.6) is 0 Å². The van der Waals surface area contributed by atoms with Crippen molar-refractivity contribution in [3.05, 3.63) is 30.7 Å². The van der Waals surface area contributed by atoms with Crippen LogP contribution in [-0.4, -0.2) is 39.2 Å². The number of halogens is 1. The SMILES string of the molecule is FC1CNCCC1n1cc(-c2ccncc2)nn1. The Kier molecular flexibility index (Phi) is 3.02. The second-order valence-electron chi connectivity index (χ2n) is 4.40. The molecule has 5 nitrogen and oxygen atoms in total. The predicted octanol–water partition coefficient (Wildman–Crippen LogP) is 1.21. The van der Waals surface area contributed by atoms with Gasteiger partial charge in [-0.25, -0.2) is 9.07 Å². The number of piperidine rings is 1. The van der Waals surface area contributed by atoms with Gasteiger partial charge in [-0.15, -0.1) is 5.10 Å². The Morgan fingerprint density at radius 2 is 2.17 bits per heavy atom. The Morgan fingerprint density at radius 1 is 1.33 bits per heavy atom. The van der Waals surface area contributed by atoms with Gasteiger partial charge in [0.15, 0.2) is 0 Å². The van der Waals surface area contributed by atoms with Gasteiger partial charge in [0.2, 0.25) is 0 Å². The van der Waals surface area contributed by atoms with Gasteiger partial charge in [0.1, 0.15) is 11.9 Å². The van der Waals surface area contributed by atoms with E-state index in [-0.39, 0.29) is 6.04 Å². The van der Waals surface area contributed by atoms with E-state index in [2.05, 4.69) is 20.6 Å². The summed E-state index contributed by atoms with van der Waals surface area (Å²) in [6, 6.07) is 3.52. The largest absolute Gasteiger partial charge is 0.314 e. The first-order valence-electron chi connectivity index (χ1n) is 6.01. The van der Waals surface area contributed by atoms with E-state index in [1.807, 2.05) is 12.1 Å². The van der Waals surface area contributed by atoms with Gasteiger partial charge in [-0.2, -0.15) is 0 Å². The van der Waals surface area contributed by atoms with Crippen LogP contribution < -0.4 is 5.32 Å². The molecular weight excluding hydrogens is 233 g/mol. The molecule has 1 fully saturated rings. The topological polar surface area (TPSA) is 55.6 Å². The minimum atomic E-state index is -0.911. The van der Waals surface area contributed by atoms with Gasteiger partial charge in [0.25, 0.3) is 0 Å². The Morgan fingerprint density at radius 3 is 2.94 bits per heavy atom. The minimum absolute atomic E-state index is 0.214. The van der Waals surface area contributed by atoms with Crippen molar-refractivity contribution in [2.45, 2.75) is 18.6 Å². The summed E-state index contributed by atoms with van der Waals surface area (Å²) in [5.74, 6) is 0. The molecule has 18 heavy (non-hydrogen) atoms. The molecule has 1 aliphatic rings. The molecular formula is C12H14FN5. The molecule has 2 unspecified atom stereocenters. The van der Waals surface area contributed by atoms with Crippen molar-refractivity contribution in [3.63, 3.8) is 0 Å². The van der Waals surface area contributed by atoms with Gasteiger partial charge in [-0.1, -0.05) is 5.21 Å². The highest BCUT2D eigenvalue weighted by Gasteiger charge is 2.27. The number of rotatable bonds is 2. The summed E-state index contributed by atoms with van der Waals surface area (Å²) in [6.07, 6.45) is 5.04. The molecule has 2 atom stereocenters. The molecule has 2 aromatic rings. The van der Waals surface area contributed by atoms with Crippen LogP contribution in [0.15, 0.2) is 30.7 Å². The second-order valence-corrected chi connectivity index (χ2v) is 4.40. The van der Waals surface area contributed by atoms with Crippen molar-refractivity contribution in [2.24, 2.45) is 0 Å². The van der Waals surface area contributed by atoms with Crippen LogP contribution in [0.1, 0.15) is 12.5 Å². The zero-order chi connectivity index (χ0) is 12.4. The van der Waals surface area contributed by atoms with Crippen molar-refractivity contribution in [1.82, 2.24) is 25.3 Å². The fraction of sp³-hybridized carbons (Fsp3) is 0.417. The molecule has 94 valence electrons. The van der Waals surface area contributed by atoms with Crippen LogP contribution in [-0.2, 0) is 0 Å². The lowest BCUT2D eigenvalue weighted by Crippen LogP contribution is -2.39. The first kappa shape index (κ1) is 11.3. The summed E-state index contributed by atoms with van der Waals surface area (Å²) in [4.78, 5) is 3.96. The monoisotopic (exact) mass is 247 g/mol. The highest BCUT2D eigenvalue weighted by molar-refractivity contribution is 5.56. The molecule has 2 aromatic heterocycles. The Hall–Kier alpha value is -1.82. The Balaban J connectivity index is 1.85. The quantitative estimate of drug-likeness (QED) is 0.866. The normalized spacial score (nSPS) is 24.1. The number of hydrogen-bond donors (Lipinski definition) is 1. The molecule has 3 rings (SSSR count). The van der Waals surface area contributed by atoms with E-state index in [9.17, 15) is 4.39 Å². The summed E-state index contributed by atoms with van der Waals surface area (Å²) < 4.78 is 15.4. The van der Waals surface area contributed by atoms with Crippen LogP contribution in [0.2, 0.25) is 0 Å². The van der Waals surface area contributed by atoms with Crippen molar-refractivity contribution in [2.75, 3.05) is 13.1 Å². The molecule has 0 spiro atoms. The zero-order valence-corrected chi connectivity index (χ0v) is 9.83. The maximum absolute atomic E-state index is 13.8. The van der Waals surface area contributed by atoms with Crippen molar-refractivity contribution in [3.8, 4) is 11.3 Å². The third kappa shape index (κ3) is 2.11. The predicted molar refractivity (Wildman–Crippen MR) is 64.7 cm³/mol. The summed E-state index contributed by atoms with van der Waals surface area (Å²) in [7, 11) is 0. The summed E-state index contributed by atoms with van der Waals surface area (Å²) >= 11 is 0. The summed E-state index contributed by atoms with van der Waals surface area (Å²) in [5, 5.41) is 11.2. The third-order valence-electron chi connectivity index (χ3n) is 3.20. The van der Waals surface area contributed by atoms with Crippen LogP contribution in [0, 0.1) is 0 Å². The summed E-state index contributed by atoms with van der Waals surface area (Å²) in [5.41, 5.74) is 1.70. The molecule has 0 radical (unpaired) electrons. The lowest BCUT2D eigenvalue weighted by atomic mass is 10.1. The molecule has 1 N–H and O–H groups in total. The van der Waals surface area contributed by atoms with E-state index in [1.54, 1.807) is 23.3 Å². The van der Waals surface area contributed by atoms with Gasteiger partial charge >= 0.3 is 0 Å². The fourth-order valence-electron chi connectivity index (χ4n) is 2.20. The standard InChI is InChI=1S/C12H14FN5/c13-10-7-15-6-3-12(10)18-8-11(16-17-18)9-1-4-14-5-2-9/h1-2,4-5,8,10,12,15H,3,6-7H2. The fourth-order valence-corrected chi connectivity index (χ4v) is 2.20. The van der Waals surface area contributed by atoms with Crippen LogP contribution in [0.25, 0.3) is 11.3 Å². The number of hydrogen-bond acceptors (Lipinski definition) is 4. The maximum Gasteiger partial charge on any atom is 0.135 e. The molecule has 0 bridgehead atoms. The molecule has 0 aliphatic carbocycles. The Labute approximate surface area is 104 Å². The minimum Gasteiger partial charge on any atom is -0.314 e. The van der Waals surface area contributed by atoms with Crippen LogP contribution in [0.3, 0.4) is 0 Å². The van der Waals surface area contributed by atoms with E-state index in [0.717, 1.165) is 24.2 Å². The smallest absolute Gasteiger partial charge is 0.135 e.